The first-order valence-electron chi connectivity index (χ1n) is 4.28. The predicted octanol–water partition coefficient (Wildman–Crippen LogP) is 0.398. The molecule has 2 heterocycles. The highest BCUT2D eigenvalue weighted by Gasteiger charge is 2.32. The molecule has 3 heteroatoms. The van der Waals surface area contributed by atoms with Gasteiger partial charge < -0.3 is 4.74 Å². The van der Waals surface area contributed by atoms with E-state index >= 15 is 0 Å². The summed E-state index contributed by atoms with van der Waals surface area (Å²) in [4.78, 5) is 13.4. The van der Waals surface area contributed by atoms with E-state index in [0.29, 0.717) is 6.61 Å². The van der Waals surface area contributed by atoms with Crippen molar-refractivity contribution in [2.24, 2.45) is 0 Å². The largest absolute Gasteiger partial charge is 0.463 e. The molecule has 2 fully saturated rings. The summed E-state index contributed by atoms with van der Waals surface area (Å²) in [7, 11) is 0. The summed E-state index contributed by atoms with van der Waals surface area (Å²) < 4.78 is 4.97. The monoisotopic (exact) mass is 155 g/mol. The molecular formula is C8H13NO2. The molecule has 2 aliphatic heterocycles. The SMILES string of the molecule is O=C1OCCN2CCCCC12. The van der Waals surface area contributed by atoms with Crippen LogP contribution >= 0.6 is 0 Å². The van der Waals surface area contributed by atoms with Gasteiger partial charge in [0, 0.05) is 6.54 Å². The number of ether oxygens (including phenoxy) is 1. The number of hydrogen-bond donors (Lipinski definition) is 0. The number of fused-ring (bicyclic) bond motifs is 1. The molecule has 2 aliphatic rings. The second-order valence-electron chi connectivity index (χ2n) is 3.22. The third-order valence-corrected chi connectivity index (χ3v) is 2.51. The maximum Gasteiger partial charge on any atom is 0.323 e. The smallest absolute Gasteiger partial charge is 0.323 e. The quantitative estimate of drug-likeness (QED) is 0.474. The van der Waals surface area contributed by atoms with Gasteiger partial charge in [-0.3, -0.25) is 9.69 Å². The Labute approximate surface area is 66.3 Å². The summed E-state index contributed by atoms with van der Waals surface area (Å²) in [6.45, 7) is 2.62. The molecule has 0 radical (unpaired) electrons. The molecule has 2 rings (SSSR count). The number of cyclic esters (lactones) is 1. The van der Waals surface area contributed by atoms with Gasteiger partial charge in [-0.2, -0.15) is 0 Å². The van der Waals surface area contributed by atoms with Crippen LogP contribution in [0.4, 0.5) is 0 Å². The molecule has 3 nitrogen and oxygen atoms in total. The topological polar surface area (TPSA) is 29.5 Å². The van der Waals surface area contributed by atoms with Crippen LogP contribution in [0.3, 0.4) is 0 Å². The van der Waals surface area contributed by atoms with Crippen LogP contribution in [-0.2, 0) is 9.53 Å². The minimum atomic E-state index is -0.00375. The van der Waals surface area contributed by atoms with Crippen LogP contribution < -0.4 is 0 Å². The lowest BCUT2D eigenvalue weighted by Gasteiger charge is -2.37. The average molecular weight is 155 g/mol. The zero-order valence-corrected chi connectivity index (χ0v) is 6.58. The van der Waals surface area contributed by atoms with E-state index in [4.69, 9.17) is 4.74 Å². The lowest BCUT2D eigenvalue weighted by molar-refractivity contribution is -0.159. The number of morpholine rings is 1. The van der Waals surface area contributed by atoms with E-state index in [9.17, 15) is 4.79 Å². The van der Waals surface area contributed by atoms with E-state index in [-0.39, 0.29) is 12.0 Å². The van der Waals surface area contributed by atoms with E-state index < -0.39 is 0 Å². The molecule has 62 valence electrons. The van der Waals surface area contributed by atoms with Crippen molar-refractivity contribution in [1.82, 2.24) is 4.90 Å². The molecule has 0 N–H and O–H groups in total. The summed E-state index contributed by atoms with van der Waals surface area (Å²) in [5, 5.41) is 0. The zero-order chi connectivity index (χ0) is 7.68. The Morgan fingerprint density at radius 1 is 1.36 bits per heavy atom. The highest BCUT2D eigenvalue weighted by molar-refractivity contribution is 5.76. The van der Waals surface area contributed by atoms with Gasteiger partial charge in [0.05, 0.1) is 0 Å². The number of piperidine rings is 1. The van der Waals surface area contributed by atoms with Gasteiger partial charge in [-0.15, -0.1) is 0 Å². The van der Waals surface area contributed by atoms with Gasteiger partial charge in [-0.05, 0) is 19.4 Å². The van der Waals surface area contributed by atoms with Crippen LogP contribution in [0.1, 0.15) is 19.3 Å². The molecule has 2 saturated heterocycles. The molecule has 0 spiro atoms. The molecule has 0 amide bonds. The van der Waals surface area contributed by atoms with Crippen LogP contribution in [-0.4, -0.2) is 36.6 Å². The second-order valence-corrected chi connectivity index (χ2v) is 3.22. The van der Waals surface area contributed by atoms with E-state index in [2.05, 4.69) is 4.90 Å². The fourth-order valence-electron chi connectivity index (χ4n) is 1.89. The van der Waals surface area contributed by atoms with Crippen molar-refractivity contribution in [2.75, 3.05) is 19.7 Å². The first-order valence-corrected chi connectivity index (χ1v) is 4.28. The van der Waals surface area contributed by atoms with Crippen LogP contribution in [0.5, 0.6) is 0 Å². The molecule has 0 aromatic heterocycles. The maximum atomic E-state index is 11.2. The maximum absolute atomic E-state index is 11.2. The van der Waals surface area contributed by atoms with Gasteiger partial charge in [-0.1, -0.05) is 6.42 Å². The highest BCUT2D eigenvalue weighted by atomic mass is 16.5. The molecule has 1 unspecified atom stereocenters. The van der Waals surface area contributed by atoms with Crippen LogP contribution in [0.25, 0.3) is 0 Å². The third-order valence-electron chi connectivity index (χ3n) is 2.51. The van der Waals surface area contributed by atoms with Crippen molar-refractivity contribution < 1.29 is 9.53 Å². The summed E-state index contributed by atoms with van der Waals surface area (Å²) in [6.07, 6.45) is 3.42. The van der Waals surface area contributed by atoms with Gasteiger partial charge in [0.25, 0.3) is 0 Å². The number of nitrogens with zero attached hydrogens (tertiary/aromatic N) is 1. The molecule has 0 aromatic carbocycles. The Hall–Kier alpha value is -0.570. The number of carbonyl (C=O) groups is 1. The van der Waals surface area contributed by atoms with Crippen LogP contribution in [0.2, 0.25) is 0 Å². The second kappa shape index (κ2) is 2.81. The average Bonchev–Trinajstić information content (AvgIpc) is 2.06. The molecular weight excluding hydrogens is 142 g/mol. The molecule has 1 atom stereocenters. The normalized spacial score (nSPS) is 32.7. The number of esters is 1. The van der Waals surface area contributed by atoms with E-state index in [1.54, 1.807) is 0 Å². The van der Waals surface area contributed by atoms with Gasteiger partial charge in [0.15, 0.2) is 0 Å². The van der Waals surface area contributed by atoms with Crippen molar-refractivity contribution in [3.8, 4) is 0 Å². The van der Waals surface area contributed by atoms with Crippen molar-refractivity contribution in [1.29, 1.82) is 0 Å². The van der Waals surface area contributed by atoms with Crippen LogP contribution in [0, 0.1) is 0 Å². The Kier molecular flexibility index (Phi) is 1.82. The van der Waals surface area contributed by atoms with Gasteiger partial charge in [-0.25, -0.2) is 0 Å². The van der Waals surface area contributed by atoms with E-state index in [0.717, 1.165) is 19.5 Å². The first kappa shape index (κ1) is 7.10. The molecule has 0 aliphatic carbocycles. The third kappa shape index (κ3) is 1.25. The van der Waals surface area contributed by atoms with E-state index in [1.807, 2.05) is 0 Å². The van der Waals surface area contributed by atoms with Crippen molar-refractivity contribution in [3.05, 3.63) is 0 Å². The minimum Gasteiger partial charge on any atom is -0.463 e. The molecule has 0 saturated carbocycles. The van der Waals surface area contributed by atoms with Gasteiger partial charge >= 0.3 is 5.97 Å². The molecule has 0 aromatic rings. The summed E-state index contributed by atoms with van der Waals surface area (Å²) >= 11 is 0. The Balaban J connectivity index is 2.05. The van der Waals surface area contributed by atoms with Gasteiger partial charge in [0.1, 0.15) is 12.6 Å². The molecule has 11 heavy (non-hydrogen) atoms. The number of hydrogen-bond acceptors (Lipinski definition) is 3. The first-order chi connectivity index (χ1) is 5.38. The van der Waals surface area contributed by atoms with Crippen molar-refractivity contribution in [2.45, 2.75) is 25.3 Å². The molecule has 0 bridgehead atoms. The predicted molar refractivity (Wildman–Crippen MR) is 40.2 cm³/mol. The van der Waals surface area contributed by atoms with Crippen LogP contribution in [0.15, 0.2) is 0 Å². The standard InChI is InChI=1S/C8H13NO2/c10-8-7-3-1-2-4-9(7)5-6-11-8/h7H,1-6H2. The zero-order valence-electron chi connectivity index (χ0n) is 6.58. The fourth-order valence-corrected chi connectivity index (χ4v) is 1.89. The highest BCUT2D eigenvalue weighted by Crippen LogP contribution is 2.20. The summed E-state index contributed by atoms with van der Waals surface area (Å²) in [5.74, 6) is -0.00375. The van der Waals surface area contributed by atoms with Gasteiger partial charge in [0.2, 0.25) is 0 Å². The summed E-state index contributed by atoms with van der Waals surface area (Å²) in [6, 6.07) is 0.0949. The Morgan fingerprint density at radius 3 is 3.09 bits per heavy atom. The van der Waals surface area contributed by atoms with E-state index in [1.165, 1.54) is 12.8 Å². The minimum absolute atomic E-state index is 0.00375. The lowest BCUT2D eigenvalue weighted by atomic mass is 10.0. The Bertz CT molecular complexity index is 167. The van der Waals surface area contributed by atoms with Crippen molar-refractivity contribution >= 4 is 5.97 Å². The number of carbonyl (C=O) groups excluding carboxylic acids is 1. The Morgan fingerprint density at radius 2 is 2.27 bits per heavy atom. The number of rotatable bonds is 0. The lowest BCUT2D eigenvalue weighted by Crippen LogP contribution is -2.50. The summed E-state index contributed by atoms with van der Waals surface area (Å²) in [5.41, 5.74) is 0. The van der Waals surface area contributed by atoms with Crippen molar-refractivity contribution in [3.63, 3.8) is 0 Å². The fraction of sp³-hybridized carbons (Fsp3) is 0.875.